The quantitative estimate of drug-likeness (QED) is 0.104. The minimum atomic E-state index is 0.747. The second-order valence-corrected chi connectivity index (χ2v) is 10.2. The molecule has 4 nitrogen and oxygen atoms in total. The maximum Gasteiger partial charge on any atom is 0.119 e. The van der Waals surface area contributed by atoms with Gasteiger partial charge in [0.05, 0.1) is 24.6 Å². The van der Waals surface area contributed by atoms with Gasteiger partial charge >= 0.3 is 0 Å². The first-order valence-corrected chi connectivity index (χ1v) is 14.9. The van der Waals surface area contributed by atoms with Crippen molar-refractivity contribution in [2.75, 3.05) is 13.2 Å². The normalized spacial score (nSPS) is 11.4. The molecule has 0 atom stereocenters. The Kier molecular flexibility index (Phi) is 12.2. The largest absolute Gasteiger partial charge is 0.494 e. The maximum atomic E-state index is 5.64. The number of hydrogen-bond donors (Lipinski definition) is 0. The third kappa shape index (κ3) is 10.7. The lowest BCUT2D eigenvalue weighted by Gasteiger charge is -2.05. The van der Waals surface area contributed by atoms with Gasteiger partial charge in [0.2, 0.25) is 0 Å². The zero-order chi connectivity index (χ0) is 28.5. The average molecular weight is 547 g/mol. The zero-order valence-electron chi connectivity index (χ0n) is 24.5. The number of ether oxygens (including phenoxy) is 2. The van der Waals surface area contributed by atoms with Crippen molar-refractivity contribution in [3.63, 3.8) is 0 Å². The molecule has 0 fully saturated rings. The monoisotopic (exact) mass is 546 g/mol. The van der Waals surface area contributed by atoms with Crippen molar-refractivity contribution in [1.29, 1.82) is 0 Å². The molecule has 0 aliphatic carbocycles. The predicted octanol–water partition coefficient (Wildman–Crippen LogP) is 9.72. The SMILES string of the molecule is CCCOc1ccc(C=Nc2ccc(CCCCCc3ccc(N=Cc4ccc(OCCC)cc4)cc3)cc2)cc1. The van der Waals surface area contributed by atoms with Crippen molar-refractivity contribution in [3.8, 4) is 11.5 Å². The Balaban J connectivity index is 1.13. The molecule has 0 aliphatic rings. The van der Waals surface area contributed by atoms with E-state index in [2.05, 4.69) is 72.4 Å². The van der Waals surface area contributed by atoms with Crippen molar-refractivity contribution in [2.24, 2.45) is 9.98 Å². The highest BCUT2D eigenvalue weighted by atomic mass is 16.5. The van der Waals surface area contributed by atoms with Crippen LogP contribution in [0, 0.1) is 0 Å². The summed E-state index contributed by atoms with van der Waals surface area (Å²) in [4.78, 5) is 9.24. The number of hydrogen-bond acceptors (Lipinski definition) is 4. The van der Waals surface area contributed by atoms with Crippen LogP contribution in [0.4, 0.5) is 11.4 Å². The topological polar surface area (TPSA) is 43.2 Å². The molecule has 4 aromatic rings. The molecule has 4 heteroatoms. The molecule has 0 heterocycles. The number of nitrogens with zero attached hydrogens (tertiary/aromatic N) is 2. The summed E-state index contributed by atoms with van der Waals surface area (Å²) in [5, 5.41) is 0. The van der Waals surface area contributed by atoms with E-state index in [1.54, 1.807) is 0 Å². The molecule has 4 aromatic carbocycles. The third-order valence-electron chi connectivity index (χ3n) is 6.73. The highest BCUT2D eigenvalue weighted by Gasteiger charge is 1.99. The fraction of sp³-hybridized carbons (Fsp3) is 0.297. The lowest BCUT2D eigenvalue weighted by atomic mass is 10.0. The van der Waals surface area contributed by atoms with Crippen LogP contribution in [-0.4, -0.2) is 25.6 Å². The van der Waals surface area contributed by atoms with Crippen LogP contribution in [-0.2, 0) is 12.8 Å². The van der Waals surface area contributed by atoms with Gasteiger partial charge in [-0.3, -0.25) is 9.98 Å². The first kappa shape index (κ1) is 29.8. The number of rotatable bonds is 16. The molecule has 0 radical (unpaired) electrons. The molecular formula is C37H42N2O2. The Morgan fingerprint density at radius 3 is 1.24 bits per heavy atom. The van der Waals surface area contributed by atoms with Crippen LogP contribution in [0.15, 0.2) is 107 Å². The molecule has 212 valence electrons. The summed E-state index contributed by atoms with van der Waals surface area (Å²) >= 11 is 0. The van der Waals surface area contributed by atoms with Crippen molar-refractivity contribution < 1.29 is 9.47 Å². The summed E-state index contributed by atoms with van der Waals surface area (Å²) < 4.78 is 11.3. The predicted molar refractivity (Wildman–Crippen MR) is 173 cm³/mol. The van der Waals surface area contributed by atoms with Crippen molar-refractivity contribution in [2.45, 2.75) is 58.8 Å². The van der Waals surface area contributed by atoms with Gasteiger partial charge in [0, 0.05) is 12.4 Å². The van der Waals surface area contributed by atoms with Crippen LogP contribution in [0.3, 0.4) is 0 Å². The highest BCUT2D eigenvalue weighted by Crippen LogP contribution is 2.19. The van der Waals surface area contributed by atoms with Crippen LogP contribution in [0.1, 0.15) is 68.2 Å². The number of unbranched alkanes of at least 4 members (excludes halogenated alkanes) is 2. The van der Waals surface area contributed by atoms with E-state index in [4.69, 9.17) is 9.47 Å². The van der Waals surface area contributed by atoms with Crippen molar-refractivity contribution >= 4 is 23.8 Å². The summed E-state index contributed by atoms with van der Waals surface area (Å²) in [6.45, 7) is 5.71. The first-order chi connectivity index (χ1) is 20.2. The minimum Gasteiger partial charge on any atom is -0.494 e. The van der Waals surface area contributed by atoms with E-state index in [0.29, 0.717) is 0 Å². The van der Waals surface area contributed by atoms with E-state index in [9.17, 15) is 0 Å². The van der Waals surface area contributed by atoms with Crippen LogP contribution >= 0.6 is 0 Å². The van der Waals surface area contributed by atoms with Gasteiger partial charge in [-0.1, -0.05) is 44.5 Å². The Morgan fingerprint density at radius 2 is 0.878 bits per heavy atom. The van der Waals surface area contributed by atoms with Gasteiger partial charge in [0.15, 0.2) is 0 Å². The van der Waals surface area contributed by atoms with E-state index in [1.165, 1.54) is 30.4 Å². The van der Waals surface area contributed by atoms with Gasteiger partial charge in [-0.05, 0) is 134 Å². The minimum absolute atomic E-state index is 0.747. The molecule has 0 unspecified atom stereocenters. The van der Waals surface area contributed by atoms with Crippen molar-refractivity contribution in [1.82, 2.24) is 0 Å². The summed E-state index contributed by atoms with van der Waals surface area (Å²) in [6.07, 6.45) is 11.6. The van der Waals surface area contributed by atoms with Gasteiger partial charge in [0.25, 0.3) is 0 Å². The summed E-state index contributed by atoms with van der Waals surface area (Å²) in [5.74, 6) is 1.81. The molecule has 0 bridgehead atoms. The molecule has 0 spiro atoms. The van der Waals surface area contributed by atoms with Crippen molar-refractivity contribution in [3.05, 3.63) is 119 Å². The van der Waals surface area contributed by atoms with Gasteiger partial charge in [-0.25, -0.2) is 0 Å². The Bertz CT molecular complexity index is 1230. The van der Waals surface area contributed by atoms with Crippen LogP contribution in [0.2, 0.25) is 0 Å². The zero-order valence-corrected chi connectivity index (χ0v) is 24.5. The first-order valence-electron chi connectivity index (χ1n) is 14.9. The van der Waals surface area contributed by atoms with E-state index in [-0.39, 0.29) is 0 Å². The third-order valence-corrected chi connectivity index (χ3v) is 6.73. The Labute approximate surface area is 245 Å². The summed E-state index contributed by atoms with van der Waals surface area (Å²) in [7, 11) is 0. The Hall–Kier alpha value is -4.18. The standard InChI is InChI=1S/C37H42N2O2/c1-3-26-40-36-22-14-32(15-23-36)28-38-34-18-10-30(11-19-34)8-6-5-7-9-31-12-20-35(21-13-31)39-29-33-16-24-37(25-17-33)41-27-4-2/h10-25,28-29H,3-9,26-27H2,1-2H3. The molecule has 0 aromatic heterocycles. The van der Waals surface area contributed by atoms with E-state index < -0.39 is 0 Å². The lowest BCUT2D eigenvalue weighted by Crippen LogP contribution is -1.94. The van der Waals surface area contributed by atoms with Gasteiger partial charge in [0.1, 0.15) is 11.5 Å². The second kappa shape index (κ2) is 16.8. The second-order valence-electron chi connectivity index (χ2n) is 10.2. The summed E-state index contributed by atoms with van der Waals surface area (Å²) in [5.41, 5.74) is 6.82. The maximum absolute atomic E-state index is 5.64. The molecule has 0 saturated heterocycles. The fourth-order valence-electron chi connectivity index (χ4n) is 4.37. The smallest absolute Gasteiger partial charge is 0.119 e. The average Bonchev–Trinajstić information content (AvgIpc) is 3.03. The molecular weight excluding hydrogens is 504 g/mol. The van der Waals surface area contributed by atoms with Crippen LogP contribution in [0.25, 0.3) is 0 Å². The van der Waals surface area contributed by atoms with E-state index in [1.807, 2.05) is 61.0 Å². The van der Waals surface area contributed by atoms with Gasteiger partial charge in [-0.2, -0.15) is 0 Å². The molecule has 0 saturated carbocycles. The molecule has 0 amide bonds. The van der Waals surface area contributed by atoms with Gasteiger partial charge < -0.3 is 9.47 Å². The number of aliphatic imine (C=N–C) groups is 2. The number of benzene rings is 4. The van der Waals surface area contributed by atoms with E-state index >= 15 is 0 Å². The lowest BCUT2D eigenvalue weighted by molar-refractivity contribution is 0.317. The van der Waals surface area contributed by atoms with E-state index in [0.717, 1.165) is 72.9 Å². The van der Waals surface area contributed by atoms with Gasteiger partial charge in [-0.15, -0.1) is 0 Å². The highest BCUT2D eigenvalue weighted by molar-refractivity contribution is 5.82. The molecule has 41 heavy (non-hydrogen) atoms. The molecule has 0 N–H and O–H groups in total. The number of aryl methyl sites for hydroxylation is 2. The Morgan fingerprint density at radius 1 is 0.488 bits per heavy atom. The van der Waals surface area contributed by atoms with Crippen LogP contribution in [0.5, 0.6) is 11.5 Å². The molecule has 4 rings (SSSR count). The van der Waals surface area contributed by atoms with Crippen LogP contribution < -0.4 is 9.47 Å². The fourth-order valence-corrected chi connectivity index (χ4v) is 4.37. The summed E-state index contributed by atoms with van der Waals surface area (Å²) in [6, 6.07) is 33.3. The molecule has 0 aliphatic heterocycles.